The van der Waals surface area contributed by atoms with Crippen LogP contribution in [0.3, 0.4) is 0 Å². The lowest BCUT2D eigenvalue weighted by Crippen LogP contribution is -2.65. The van der Waals surface area contributed by atoms with Crippen LogP contribution < -0.4 is 15.0 Å². The zero-order chi connectivity index (χ0) is 17.1. The molecule has 0 aliphatic carbocycles. The molecule has 2 aromatic rings. The molecule has 8 nitrogen and oxygen atoms in total. The van der Waals surface area contributed by atoms with E-state index in [2.05, 4.69) is 30.2 Å². The SMILES string of the molecule is COc1cc(N2CC3(CCC(CNc4ncccn4)CO3)C2)ncn1. The molecule has 8 heteroatoms. The van der Waals surface area contributed by atoms with E-state index in [1.54, 1.807) is 19.5 Å². The summed E-state index contributed by atoms with van der Waals surface area (Å²) in [6.07, 6.45) is 7.22. The first-order chi connectivity index (χ1) is 12.3. The summed E-state index contributed by atoms with van der Waals surface area (Å²) >= 11 is 0. The number of methoxy groups -OCH3 is 1. The van der Waals surface area contributed by atoms with Gasteiger partial charge in [-0.2, -0.15) is 0 Å². The molecule has 2 fully saturated rings. The first-order valence-electron chi connectivity index (χ1n) is 8.52. The van der Waals surface area contributed by atoms with Crippen molar-refractivity contribution in [2.75, 3.05) is 43.6 Å². The minimum atomic E-state index is -0.0298. The average molecular weight is 342 g/mol. The number of ether oxygens (including phenoxy) is 2. The van der Waals surface area contributed by atoms with E-state index in [-0.39, 0.29) is 5.60 Å². The molecule has 1 atom stereocenters. The van der Waals surface area contributed by atoms with Gasteiger partial charge >= 0.3 is 0 Å². The van der Waals surface area contributed by atoms with Crippen molar-refractivity contribution in [3.8, 4) is 5.88 Å². The fourth-order valence-corrected chi connectivity index (χ4v) is 3.38. The lowest BCUT2D eigenvalue weighted by atomic mass is 9.83. The van der Waals surface area contributed by atoms with Gasteiger partial charge in [0, 0.05) is 25.0 Å². The van der Waals surface area contributed by atoms with Gasteiger partial charge in [-0.05, 0) is 24.8 Å². The van der Waals surface area contributed by atoms with Crippen molar-refractivity contribution in [3.63, 3.8) is 0 Å². The molecule has 0 saturated carbocycles. The number of aromatic nitrogens is 4. The Morgan fingerprint density at radius 1 is 1.28 bits per heavy atom. The quantitative estimate of drug-likeness (QED) is 0.872. The Morgan fingerprint density at radius 2 is 2.12 bits per heavy atom. The van der Waals surface area contributed by atoms with Crippen LogP contribution in [0.15, 0.2) is 30.9 Å². The molecule has 2 aliphatic heterocycles. The Bertz CT molecular complexity index is 697. The van der Waals surface area contributed by atoms with Crippen LogP contribution in [0.25, 0.3) is 0 Å². The van der Waals surface area contributed by atoms with Crippen molar-refractivity contribution >= 4 is 11.8 Å². The largest absolute Gasteiger partial charge is 0.481 e. The van der Waals surface area contributed by atoms with E-state index in [4.69, 9.17) is 9.47 Å². The summed E-state index contributed by atoms with van der Waals surface area (Å²) in [6.45, 7) is 3.35. The fraction of sp³-hybridized carbons (Fsp3) is 0.529. The molecule has 4 rings (SSSR count). The lowest BCUT2D eigenvalue weighted by Gasteiger charge is -2.53. The van der Waals surface area contributed by atoms with Crippen molar-refractivity contribution in [2.45, 2.75) is 18.4 Å². The fourth-order valence-electron chi connectivity index (χ4n) is 3.38. The van der Waals surface area contributed by atoms with Gasteiger partial charge in [0.25, 0.3) is 0 Å². The molecule has 0 bridgehead atoms. The Hall–Kier alpha value is -2.48. The van der Waals surface area contributed by atoms with Gasteiger partial charge in [0.2, 0.25) is 11.8 Å². The van der Waals surface area contributed by atoms with Gasteiger partial charge in [0.05, 0.1) is 26.8 Å². The van der Waals surface area contributed by atoms with Crippen LogP contribution in [-0.2, 0) is 4.74 Å². The maximum atomic E-state index is 6.21. The van der Waals surface area contributed by atoms with Gasteiger partial charge in [0.15, 0.2) is 0 Å². The van der Waals surface area contributed by atoms with E-state index in [9.17, 15) is 0 Å². The smallest absolute Gasteiger partial charge is 0.222 e. The molecule has 1 unspecified atom stereocenters. The lowest BCUT2D eigenvalue weighted by molar-refractivity contribution is -0.113. The van der Waals surface area contributed by atoms with E-state index in [0.29, 0.717) is 17.7 Å². The highest BCUT2D eigenvalue weighted by molar-refractivity contribution is 5.45. The van der Waals surface area contributed by atoms with Gasteiger partial charge in [-0.15, -0.1) is 0 Å². The summed E-state index contributed by atoms with van der Waals surface area (Å²) in [5.74, 6) is 2.65. The Kier molecular flexibility index (Phi) is 4.35. The van der Waals surface area contributed by atoms with Crippen LogP contribution in [0.1, 0.15) is 12.8 Å². The van der Waals surface area contributed by atoms with Crippen LogP contribution in [0.5, 0.6) is 5.88 Å². The van der Waals surface area contributed by atoms with Gasteiger partial charge in [-0.1, -0.05) is 0 Å². The van der Waals surface area contributed by atoms with Crippen molar-refractivity contribution in [2.24, 2.45) is 5.92 Å². The van der Waals surface area contributed by atoms with Gasteiger partial charge < -0.3 is 19.7 Å². The molecule has 2 saturated heterocycles. The molecule has 132 valence electrons. The third-order valence-electron chi connectivity index (χ3n) is 4.87. The maximum Gasteiger partial charge on any atom is 0.222 e. The van der Waals surface area contributed by atoms with E-state index in [1.165, 1.54) is 6.33 Å². The predicted octanol–water partition coefficient (Wildman–Crippen LogP) is 1.37. The van der Waals surface area contributed by atoms with E-state index in [1.807, 2.05) is 12.1 Å². The second kappa shape index (κ2) is 6.79. The number of anilines is 2. The molecule has 1 spiro atoms. The average Bonchev–Trinajstić information content (AvgIpc) is 2.66. The molecule has 0 aromatic carbocycles. The van der Waals surface area contributed by atoms with Crippen LogP contribution in [0, 0.1) is 5.92 Å². The Morgan fingerprint density at radius 3 is 2.84 bits per heavy atom. The molecule has 25 heavy (non-hydrogen) atoms. The summed E-state index contributed by atoms with van der Waals surface area (Å²) in [4.78, 5) is 18.9. The minimum absolute atomic E-state index is 0.0298. The predicted molar refractivity (Wildman–Crippen MR) is 92.7 cm³/mol. The van der Waals surface area contributed by atoms with Crippen molar-refractivity contribution in [3.05, 3.63) is 30.9 Å². The number of hydrogen-bond donors (Lipinski definition) is 1. The number of nitrogens with one attached hydrogen (secondary N) is 1. The number of rotatable bonds is 5. The number of hydrogen-bond acceptors (Lipinski definition) is 8. The summed E-state index contributed by atoms with van der Waals surface area (Å²) in [5, 5.41) is 3.28. The van der Waals surface area contributed by atoms with Gasteiger partial charge in [-0.3, -0.25) is 0 Å². The third kappa shape index (κ3) is 3.48. The van der Waals surface area contributed by atoms with Crippen molar-refractivity contribution in [1.82, 2.24) is 19.9 Å². The highest BCUT2D eigenvalue weighted by Crippen LogP contribution is 2.38. The maximum absolute atomic E-state index is 6.21. The molecule has 4 heterocycles. The second-order valence-electron chi connectivity index (χ2n) is 6.63. The van der Waals surface area contributed by atoms with Gasteiger partial charge in [0.1, 0.15) is 17.7 Å². The molecule has 0 radical (unpaired) electrons. The standard InChI is InChI=1S/C17H22N6O2/c1-24-15-7-14(21-12-22-15)23-10-17(11-23)4-3-13(9-25-17)8-20-16-18-5-2-6-19-16/h2,5-7,12-13H,3-4,8-11H2,1H3,(H,18,19,20). The van der Waals surface area contributed by atoms with E-state index in [0.717, 1.165) is 44.9 Å². The highest BCUT2D eigenvalue weighted by atomic mass is 16.5. The summed E-state index contributed by atoms with van der Waals surface area (Å²) in [6, 6.07) is 3.68. The summed E-state index contributed by atoms with van der Waals surface area (Å²) < 4.78 is 11.4. The van der Waals surface area contributed by atoms with E-state index < -0.39 is 0 Å². The van der Waals surface area contributed by atoms with Crippen LogP contribution >= 0.6 is 0 Å². The number of nitrogens with zero attached hydrogens (tertiary/aromatic N) is 5. The van der Waals surface area contributed by atoms with Crippen molar-refractivity contribution in [1.29, 1.82) is 0 Å². The molecular formula is C17H22N6O2. The monoisotopic (exact) mass is 342 g/mol. The summed E-state index contributed by atoms with van der Waals surface area (Å²) in [7, 11) is 1.61. The van der Waals surface area contributed by atoms with Gasteiger partial charge in [-0.25, -0.2) is 19.9 Å². The molecule has 2 aromatic heterocycles. The van der Waals surface area contributed by atoms with Crippen LogP contribution in [0.4, 0.5) is 11.8 Å². The Labute approximate surface area is 146 Å². The zero-order valence-electron chi connectivity index (χ0n) is 14.3. The Balaban J connectivity index is 1.25. The molecular weight excluding hydrogens is 320 g/mol. The normalized spacial score (nSPS) is 21.6. The topological polar surface area (TPSA) is 85.3 Å². The zero-order valence-corrected chi connectivity index (χ0v) is 14.3. The molecule has 1 N–H and O–H groups in total. The first-order valence-corrected chi connectivity index (χ1v) is 8.52. The van der Waals surface area contributed by atoms with E-state index >= 15 is 0 Å². The van der Waals surface area contributed by atoms with Crippen LogP contribution in [-0.4, -0.2) is 58.9 Å². The highest BCUT2D eigenvalue weighted by Gasteiger charge is 2.47. The second-order valence-corrected chi connectivity index (χ2v) is 6.63. The minimum Gasteiger partial charge on any atom is -0.481 e. The third-order valence-corrected chi connectivity index (χ3v) is 4.87. The first kappa shape index (κ1) is 16.0. The van der Waals surface area contributed by atoms with Crippen molar-refractivity contribution < 1.29 is 9.47 Å². The van der Waals surface area contributed by atoms with Crippen LogP contribution in [0.2, 0.25) is 0 Å². The summed E-state index contributed by atoms with van der Waals surface area (Å²) in [5.41, 5.74) is -0.0298. The molecule has 2 aliphatic rings. The molecule has 0 amide bonds.